The number of nitrogens with zero attached hydrogens (tertiary/aromatic N) is 1. The number of carbonyl (C=O) groups is 1. The van der Waals surface area contributed by atoms with E-state index in [1.807, 2.05) is 11.9 Å². The van der Waals surface area contributed by atoms with Crippen LogP contribution in [0.2, 0.25) is 0 Å². The third-order valence-electron chi connectivity index (χ3n) is 4.22. The van der Waals surface area contributed by atoms with E-state index in [9.17, 15) is 15.0 Å². The number of hydrogen-bond acceptors (Lipinski definition) is 5. The van der Waals surface area contributed by atoms with Gasteiger partial charge >= 0.3 is 5.97 Å². The maximum atomic E-state index is 11.7. The molecular formula is C13H21NO4. The minimum Gasteiger partial charge on any atom is -0.459 e. The van der Waals surface area contributed by atoms with Crippen LogP contribution in [0.15, 0.2) is 11.6 Å². The Morgan fingerprint density at radius 3 is 2.22 bits per heavy atom. The van der Waals surface area contributed by atoms with Crippen molar-refractivity contribution >= 4 is 5.97 Å². The Bertz CT molecular complexity index is 342. The third-order valence-corrected chi connectivity index (χ3v) is 4.22. The number of aliphatic hydroxyl groups is 2. The summed E-state index contributed by atoms with van der Waals surface area (Å²) in [6.45, 7) is 3.51. The van der Waals surface area contributed by atoms with Crippen LogP contribution in [0.5, 0.6) is 0 Å². The Morgan fingerprint density at radius 2 is 1.78 bits per heavy atom. The van der Waals surface area contributed by atoms with Gasteiger partial charge in [0.1, 0.15) is 6.10 Å². The molecule has 0 aliphatic carbocycles. The van der Waals surface area contributed by atoms with Gasteiger partial charge in [-0.25, -0.2) is 4.79 Å². The highest BCUT2D eigenvalue weighted by atomic mass is 16.5. The van der Waals surface area contributed by atoms with Gasteiger partial charge in [0.05, 0.1) is 12.2 Å². The quantitative estimate of drug-likeness (QED) is 0.539. The first-order valence-corrected chi connectivity index (χ1v) is 6.37. The predicted octanol–water partition coefficient (Wildman–Crippen LogP) is 0.0626. The first-order valence-electron chi connectivity index (χ1n) is 6.37. The van der Waals surface area contributed by atoms with E-state index in [1.165, 1.54) is 0 Å². The van der Waals surface area contributed by atoms with Gasteiger partial charge in [-0.15, -0.1) is 0 Å². The molecule has 2 aliphatic heterocycles. The molecule has 0 aromatic heterocycles. The van der Waals surface area contributed by atoms with Crippen LogP contribution >= 0.6 is 0 Å². The standard InChI is InChI=1S/C13H21NO4/c1-4-7(2)13(17)18-8-5-9-11(15)12(16)10(6-8)14(9)3/h4,8-12,15-16H,5-6H2,1-3H3/b7-4+/t8?,9-,10+,11?,12?. The maximum Gasteiger partial charge on any atom is 0.333 e. The lowest BCUT2D eigenvalue weighted by Gasteiger charge is -2.35. The molecule has 5 nitrogen and oxygen atoms in total. The highest BCUT2D eigenvalue weighted by Gasteiger charge is 2.51. The van der Waals surface area contributed by atoms with Crippen LogP contribution in [0, 0.1) is 0 Å². The van der Waals surface area contributed by atoms with Crippen LogP contribution in [-0.4, -0.2) is 58.5 Å². The van der Waals surface area contributed by atoms with Gasteiger partial charge in [0.2, 0.25) is 0 Å². The molecule has 2 bridgehead atoms. The zero-order valence-corrected chi connectivity index (χ0v) is 11.0. The Morgan fingerprint density at radius 1 is 1.28 bits per heavy atom. The third kappa shape index (κ3) is 2.18. The lowest BCUT2D eigenvalue weighted by molar-refractivity contribution is -0.148. The Kier molecular flexibility index (Phi) is 3.75. The molecule has 0 saturated carbocycles. The van der Waals surface area contributed by atoms with Gasteiger partial charge in [0, 0.05) is 30.5 Å². The molecule has 2 heterocycles. The van der Waals surface area contributed by atoms with Crippen LogP contribution in [0.1, 0.15) is 26.7 Å². The summed E-state index contributed by atoms with van der Waals surface area (Å²) in [4.78, 5) is 13.7. The van der Waals surface area contributed by atoms with Crippen molar-refractivity contribution in [3.8, 4) is 0 Å². The number of aliphatic hydroxyl groups excluding tert-OH is 2. The molecule has 18 heavy (non-hydrogen) atoms. The Balaban J connectivity index is 2.02. The molecule has 0 aromatic rings. The number of piperidine rings is 1. The first-order chi connectivity index (χ1) is 8.45. The molecule has 0 aromatic carbocycles. The van der Waals surface area contributed by atoms with Crippen molar-refractivity contribution in [2.45, 2.75) is 57.1 Å². The molecule has 5 atom stereocenters. The summed E-state index contributed by atoms with van der Waals surface area (Å²) in [5.74, 6) is -0.310. The van der Waals surface area contributed by atoms with Crippen LogP contribution in [0.3, 0.4) is 0 Å². The fourth-order valence-corrected chi connectivity index (χ4v) is 2.89. The van der Waals surface area contributed by atoms with Crippen molar-refractivity contribution < 1.29 is 19.7 Å². The fraction of sp³-hybridized carbons (Fsp3) is 0.769. The van der Waals surface area contributed by atoms with E-state index < -0.39 is 12.2 Å². The van der Waals surface area contributed by atoms with Gasteiger partial charge in [0.25, 0.3) is 0 Å². The minimum atomic E-state index is -0.744. The van der Waals surface area contributed by atoms with Crippen molar-refractivity contribution in [2.24, 2.45) is 0 Å². The maximum absolute atomic E-state index is 11.7. The minimum absolute atomic E-state index is 0.123. The SMILES string of the molecule is C/C=C(\C)C(=O)OC1C[C@@H]2C(O)C(O)[C@H](C1)N2C. The van der Waals surface area contributed by atoms with Crippen molar-refractivity contribution in [2.75, 3.05) is 7.05 Å². The molecule has 102 valence electrons. The number of esters is 1. The highest BCUT2D eigenvalue weighted by molar-refractivity contribution is 5.87. The van der Waals surface area contributed by atoms with E-state index in [0.717, 1.165) is 0 Å². The van der Waals surface area contributed by atoms with E-state index >= 15 is 0 Å². The fourth-order valence-electron chi connectivity index (χ4n) is 2.89. The van der Waals surface area contributed by atoms with E-state index in [0.29, 0.717) is 18.4 Å². The van der Waals surface area contributed by atoms with Gasteiger partial charge < -0.3 is 14.9 Å². The number of rotatable bonds is 2. The lowest BCUT2D eigenvalue weighted by atomic mass is 10.00. The van der Waals surface area contributed by atoms with E-state index in [2.05, 4.69) is 0 Å². The number of carbonyl (C=O) groups excluding carboxylic acids is 1. The molecule has 2 aliphatic rings. The number of hydrogen-bond donors (Lipinski definition) is 2. The molecule has 2 fully saturated rings. The second-order valence-electron chi connectivity index (χ2n) is 5.25. The second kappa shape index (κ2) is 4.99. The molecule has 2 rings (SSSR count). The smallest absolute Gasteiger partial charge is 0.333 e. The molecule has 0 amide bonds. The number of allylic oxidation sites excluding steroid dienone is 1. The van der Waals surface area contributed by atoms with Gasteiger partial charge in [-0.3, -0.25) is 4.90 Å². The summed E-state index contributed by atoms with van der Waals surface area (Å²) < 4.78 is 5.41. The molecule has 2 saturated heterocycles. The zero-order valence-electron chi connectivity index (χ0n) is 11.0. The van der Waals surface area contributed by atoms with Crippen LogP contribution in [0.25, 0.3) is 0 Å². The molecule has 2 N–H and O–H groups in total. The van der Waals surface area contributed by atoms with Crippen molar-refractivity contribution in [3.63, 3.8) is 0 Å². The number of fused-ring (bicyclic) bond motifs is 2. The van der Waals surface area contributed by atoms with Gasteiger partial charge in [0.15, 0.2) is 0 Å². The monoisotopic (exact) mass is 255 g/mol. The number of ether oxygens (including phenoxy) is 1. The van der Waals surface area contributed by atoms with E-state index in [1.54, 1.807) is 19.9 Å². The van der Waals surface area contributed by atoms with E-state index in [4.69, 9.17) is 4.74 Å². The normalized spacial score (nSPS) is 40.9. The van der Waals surface area contributed by atoms with Gasteiger partial charge in [-0.2, -0.15) is 0 Å². The Labute approximate surface area is 107 Å². The van der Waals surface area contributed by atoms with Crippen LogP contribution < -0.4 is 0 Å². The van der Waals surface area contributed by atoms with Gasteiger partial charge in [-0.05, 0) is 20.9 Å². The molecule has 5 heteroatoms. The molecule has 3 unspecified atom stereocenters. The topological polar surface area (TPSA) is 70.0 Å². The zero-order chi connectivity index (χ0) is 13.4. The number of likely N-dealkylation sites (N-methyl/N-ethyl adjacent to an activating group) is 1. The first kappa shape index (κ1) is 13.5. The van der Waals surface area contributed by atoms with Crippen LogP contribution in [0.4, 0.5) is 0 Å². The molecule has 0 radical (unpaired) electrons. The van der Waals surface area contributed by atoms with E-state index in [-0.39, 0.29) is 24.2 Å². The van der Waals surface area contributed by atoms with Crippen molar-refractivity contribution in [1.29, 1.82) is 0 Å². The second-order valence-corrected chi connectivity index (χ2v) is 5.25. The molecular weight excluding hydrogens is 234 g/mol. The van der Waals surface area contributed by atoms with Crippen LogP contribution in [-0.2, 0) is 9.53 Å². The summed E-state index contributed by atoms with van der Waals surface area (Å²) >= 11 is 0. The van der Waals surface area contributed by atoms with Crippen molar-refractivity contribution in [1.82, 2.24) is 4.90 Å². The summed E-state index contributed by atoms with van der Waals surface area (Å²) in [7, 11) is 1.89. The van der Waals surface area contributed by atoms with Crippen molar-refractivity contribution in [3.05, 3.63) is 11.6 Å². The summed E-state index contributed by atoms with van der Waals surface area (Å²) in [5.41, 5.74) is 0.586. The highest BCUT2D eigenvalue weighted by Crippen LogP contribution is 2.36. The lowest BCUT2D eigenvalue weighted by Crippen LogP contribution is -2.46. The summed E-state index contributed by atoms with van der Waals surface area (Å²) in [6.07, 6.45) is 1.17. The Hall–Kier alpha value is -0.910. The summed E-state index contributed by atoms with van der Waals surface area (Å²) in [5, 5.41) is 19.8. The van der Waals surface area contributed by atoms with Gasteiger partial charge in [-0.1, -0.05) is 6.08 Å². The average Bonchev–Trinajstić information content (AvgIpc) is 2.50. The predicted molar refractivity (Wildman–Crippen MR) is 65.9 cm³/mol. The average molecular weight is 255 g/mol. The molecule has 0 spiro atoms. The largest absolute Gasteiger partial charge is 0.459 e. The summed E-state index contributed by atoms with van der Waals surface area (Å²) in [6, 6.07) is -0.245.